The third kappa shape index (κ3) is 3.29. The summed E-state index contributed by atoms with van der Waals surface area (Å²) in [4.78, 5) is 29.3. The highest BCUT2D eigenvalue weighted by atomic mass is 16.5. The molecular formula is C20H23N3O4. The minimum absolute atomic E-state index is 0.0488. The monoisotopic (exact) mass is 369 g/mol. The zero-order chi connectivity index (χ0) is 19.0. The molecule has 0 unspecified atom stereocenters. The number of amides is 1. The number of nitrogens with one attached hydrogen (secondary N) is 1. The zero-order valence-electron chi connectivity index (χ0n) is 15.5. The van der Waals surface area contributed by atoms with Crippen LogP contribution in [0.3, 0.4) is 0 Å². The lowest BCUT2D eigenvalue weighted by atomic mass is 9.94. The fourth-order valence-corrected chi connectivity index (χ4v) is 4.18. The Labute approximate surface area is 157 Å². The Morgan fingerprint density at radius 3 is 2.67 bits per heavy atom. The van der Waals surface area contributed by atoms with E-state index in [9.17, 15) is 9.59 Å². The third-order valence-corrected chi connectivity index (χ3v) is 5.62. The van der Waals surface area contributed by atoms with Gasteiger partial charge >= 0.3 is 0 Å². The van der Waals surface area contributed by atoms with Crippen LogP contribution in [0, 0.1) is 17.8 Å². The molecule has 7 nitrogen and oxygen atoms in total. The number of allylic oxidation sites excluding steroid dienone is 2. The zero-order valence-corrected chi connectivity index (χ0v) is 15.5. The molecule has 1 fully saturated rings. The quantitative estimate of drug-likeness (QED) is 0.785. The number of carbonyl (C=O) groups is 1. The predicted octanol–water partition coefficient (Wildman–Crippen LogP) is 1.74. The van der Waals surface area contributed by atoms with E-state index in [1.54, 1.807) is 12.1 Å². The van der Waals surface area contributed by atoms with Crippen LogP contribution in [0.1, 0.15) is 12.8 Å². The molecule has 0 radical (unpaired) electrons. The van der Waals surface area contributed by atoms with Crippen molar-refractivity contribution in [1.29, 1.82) is 0 Å². The first kappa shape index (κ1) is 17.6. The molecule has 27 heavy (non-hydrogen) atoms. The van der Waals surface area contributed by atoms with Gasteiger partial charge in [0.25, 0.3) is 5.56 Å². The van der Waals surface area contributed by atoms with Gasteiger partial charge < -0.3 is 14.8 Å². The van der Waals surface area contributed by atoms with Crippen molar-refractivity contribution in [3.05, 3.63) is 41.0 Å². The number of fused-ring (bicyclic) bond motifs is 3. The van der Waals surface area contributed by atoms with E-state index in [2.05, 4.69) is 22.5 Å². The van der Waals surface area contributed by atoms with Crippen molar-refractivity contribution in [2.24, 2.45) is 17.8 Å². The number of hydrogen-bond donors (Lipinski definition) is 1. The average molecular weight is 369 g/mol. The van der Waals surface area contributed by atoms with Crippen molar-refractivity contribution in [2.75, 3.05) is 20.8 Å². The molecule has 1 amide bonds. The molecule has 142 valence electrons. The van der Waals surface area contributed by atoms with Crippen molar-refractivity contribution in [3.63, 3.8) is 0 Å². The topological polar surface area (TPSA) is 82.5 Å². The molecule has 0 aliphatic heterocycles. The van der Waals surface area contributed by atoms with E-state index in [4.69, 9.17) is 9.47 Å². The third-order valence-electron chi connectivity index (χ3n) is 5.62. The minimum atomic E-state index is -0.279. The minimum Gasteiger partial charge on any atom is -0.493 e. The predicted molar refractivity (Wildman–Crippen MR) is 101 cm³/mol. The molecule has 0 saturated heterocycles. The van der Waals surface area contributed by atoms with Gasteiger partial charge in [-0.1, -0.05) is 12.2 Å². The molecule has 2 aliphatic carbocycles. The van der Waals surface area contributed by atoms with Crippen LogP contribution in [0.5, 0.6) is 11.5 Å². The Balaban J connectivity index is 1.48. The van der Waals surface area contributed by atoms with Crippen LogP contribution < -0.4 is 20.3 Å². The normalized spacial score (nSPS) is 23.0. The fourth-order valence-electron chi connectivity index (χ4n) is 4.18. The van der Waals surface area contributed by atoms with Crippen LogP contribution in [0.2, 0.25) is 0 Å². The lowest BCUT2D eigenvalue weighted by Gasteiger charge is -2.18. The molecule has 1 aromatic heterocycles. The van der Waals surface area contributed by atoms with E-state index in [-0.39, 0.29) is 18.0 Å². The molecule has 1 aromatic carbocycles. The van der Waals surface area contributed by atoms with Gasteiger partial charge in [-0.2, -0.15) is 0 Å². The molecule has 7 heteroatoms. The van der Waals surface area contributed by atoms with Gasteiger partial charge in [0.1, 0.15) is 6.54 Å². The second-order valence-corrected chi connectivity index (χ2v) is 7.25. The van der Waals surface area contributed by atoms with Crippen LogP contribution in [-0.4, -0.2) is 36.2 Å². The Morgan fingerprint density at radius 1 is 1.22 bits per heavy atom. The van der Waals surface area contributed by atoms with Crippen molar-refractivity contribution in [1.82, 2.24) is 14.9 Å². The van der Waals surface area contributed by atoms with E-state index < -0.39 is 0 Å². The number of benzene rings is 1. The van der Waals surface area contributed by atoms with Gasteiger partial charge in [0.2, 0.25) is 5.91 Å². The number of carbonyl (C=O) groups excluding carboxylic acids is 1. The SMILES string of the molecule is COc1cc2ncn(CC(=O)NC[C@@H]3C[C@H]4C=C[C@H]3C4)c(=O)c2cc1OC. The summed E-state index contributed by atoms with van der Waals surface area (Å²) in [6.45, 7) is 0.609. The summed E-state index contributed by atoms with van der Waals surface area (Å²) in [6.07, 6.45) is 8.30. The summed E-state index contributed by atoms with van der Waals surface area (Å²) in [5, 5.41) is 3.36. The second-order valence-electron chi connectivity index (χ2n) is 7.25. The maximum absolute atomic E-state index is 12.7. The van der Waals surface area contributed by atoms with Crippen molar-refractivity contribution in [3.8, 4) is 11.5 Å². The molecule has 2 aromatic rings. The van der Waals surface area contributed by atoms with Gasteiger partial charge in [0, 0.05) is 12.6 Å². The lowest BCUT2D eigenvalue weighted by molar-refractivity contribution is -0.121. The van der Waals surface area contributed by atoms with Gasteiger partial charge in [0.15, 0.2) is 11.5 Å². The number of nitrogens with zero attached hydrogens (tertiary/aromatic N) is 2. The summed E-state index contributed by atoms with van der Waals surface area (Å²) in [7, 11) is 3.04. The number of ether oxygens (including phenoxy) is 2. The Hall–Kier alpha value is -2.83. The lowest BCUT2D eigenvalue weighted by Crippen LogP contribution is -2.36. The number of aromatic nitrogens is 2. The maximum atomic E-state index is 12.7. The highest BCUT2D eigenvalue weighted by Gasteiger charge is 2.35. The van der Waals surface area contributed by atoms with Gasteiger partial charge in [-0.25, -0.2) is 4.98 Å². The molecule has 2 aliphatic rings. The van der Waals surface area contributed by atoms with E-state index in [1.807, 2.05) is 0 Å². The second kappa shape index (κ2) is 7.06. The van der Waals surface area contributed by atoms with E-state index in [0.29, 0.717) is 46.7 Å². The smallest absolute Gasteiger partial charge is 0.261 e. The first-order valence-corrected chi connectivity index (χ1v) is 9.15. The number of rotatable bonds is 6. The first-order chi connectivity index (χ1) is 13.1. The van der Waals surface area contributed by atoms with E-state index in [0.717, 1.165) is 6.42 Å². The first-order valence-electron chi connectivity index (χ1n) is 9.15. The largest absolute Gasteiger partial charge is 0.493 e. The van der Waals surface area contributed by atoms with Crippen LogP contribution in [0.25, 0.3) is 10.9 Å². The molecule has 4 rings (SSSR count). The summed E-state index contributed by atoms with van der Waals surface area (Å²) >= 11 is 0. The number of methoxy groups -OCH3 is 2. The Kier molecular flexibility index (Phi) is 4.59. The molecular weight excluding hydrogens is 346 g/mol. The number of hydrogen-bond acceptors (Lipinski definition) is 5. The van der Waals surface area contributed by atoms with Gasteiger partial charge in [0.05, 0.1) is 31.4 Å². The summed E-state index contributed by atoms with van der Waals surface area (Å²) < 4.78 is 11.8. The summed E-state index contributed by atoms with van der Waals surface area (Å²) in [6, 6.07) is 3.25. The van der Waals surface area contributed by atoms with Crippen LogP contribution >= 0.6 is 0 Å². The summed E-state index contributed by atoms with van der Waals surface area (Å²) in [5.41, 5.74) is 0.224. The molecule has 1 N–H and O–H groups in total. The highest BCUT2D eigenvalue weighted by molar-refractivity contribution is 5.82. The van der Waals surface area contributed by atoms with Crippen molar-refractivity contribution in [2.45, 2.75) is 19.4 Å². The molecule has 1 heterocycles. The van der Waals surface area contributed by atoms with Gasteiger partial charge in [-0.3, -0.25) is 14.2 Å². The maximum Gasteiger partial charge on any atom is 0.261 e. The fraction of sp³-hybridized carbons (Fsp3) is 0.450. The highest BCUT2D eigenvalue weighted by Crippen LogP contribution is 2.42. The van der Waals surface area contributed by atoms with Crippen LogP contribution in [-0.2, 0) is 11.3 Å². The molecule has 2 bridgehead atoms. The average Bonchev–Trinajstić information content (AvgIpc) is 3.31. The standard InChI is InChI=1S/C20H23N3O4/c1-26-17-7-15-16(8-18(17)27-2)22-11-23(20(15)25)10-19(24)21-9-14-6-12-3-4-13(14)5-12/h3-4,7-8,11-14H,5-6,9-10H2,1-2H3,(H,21,24)/t12-,13-,14-/m0/s1. The Bertz CT molecular complexity index is 966. The van der Waals surface area contributed by atoms with Crippen molar-refractivity contribution >= 4 is 16.8 Å². The van der Waals surface area contributed by atoms with Crippen LogP contribution in [0.4, 0.5) is 0 Å². The van der Waals surface area contributed by atoms with E-state index in [1.165, 1.54) is 31.5 Å². The van der Waals surface area contributed by atoms with Crippen LogP contribution in [0.15, 0.2) is 35.4 Å². The van der Waals surface area contributed by atoms with Crippen molar-refractivity contribution < 1.29 is 14.3 Å². The molecule has 0 spiro atoms. The van der Waals surface area contributed by atoms with Gasteiger partial charge in [-0.05, 0) is 36.7 Å². The van der Waals surface area contributed by atoms with Gasteiger partial charge in [-0.15, -0.1) is 0 Å². The summed E-state index contributed by atoms with van der Waals surface area (Å²) in [5.74, 6) is 2.55. The molecule has 1 saturated carbocycles. The van der Waals surface area contributed by atoms with E-state index >= 15 is 0 Å². The molecule has 3 atom stereocenters. The Morgan fingerprint density at radius 2 is 2.00 bits per heavy atom.